The zero-order chi connectivity index (χ0) is 68.6. The van der Waals surface area contributed by atoms with Crippen LogP contribution in [0.15, 0.2) is 131 Å². The minimum absolute atomic E-state index is 0.0752. The summed E-state index contributed by atoms with van der Waals surface area (Å²) in [5, 5.41) is 81.9. The molecule has 0 spiro atoms. The van der Waals surface area contributed by atoms with E-state index >= 15 is 0 Å². The van der Waals surface area contributed by atoms with Crippen molar-refractivity contribution in [3.8, 4) is 23.6 Å². The van der Waals surface area contributed by atoms with Gasteiger partial charge in [0.25, 0.3) is 22.9 Å². The molecule has 4 aromatic heterocycles. The Morgan fingerprint density at radius 1 is 0.632 bits per heavy atom. The van der Waals surface area contributed by atoms with Crippen molar-refractivity contribution < 1.29 is 64.8 Å². The number of nitrogens with one attached hydrogen (secondary N) is 6. The monoisotopic (exact) mass is 1380 g/mol. The Bertz CT molecular complexity index is 4830. The molecule has 2 aliphatic rings. The number of amides is 2. The van der Waals surface area contributed by atoms with Crippen molar-refractivity contribution in [3.05, 3.63) is 211 Å². The minimum atomic E-state index is -4.83. The van der Waals surface area contributed by atoms with Crippen molar-refractivity contribution in [2.24, 2.45) is 14.1 Å². The molecule has 0 aliphatic carbocycles. The number of hydrogen-bond donors (Lipinski definition) is 9. The van der Waals surface area contributed by atoms with Gasteiger partial charge in [-0.05, 0) is 110 Å². The van der Waals surface area contributed by atoms with Crippen LogP contribution in [0.5, 0.6) is 11.5 Å². The predicted molar refractivity (Wildman–Crippen MR) is 328 cm³/mol. The van der Waals surface area contributed by atoms with Crippen molar-refractivity contribution >= 4 is 72.0 Å². The average Bonchev–Trinajstić information content (AvgIpc) is 1.49. The van der Waals surface area contributed by atoms with E-state index < -0.39 is 105 Å². The SMILES string of the molecule is C[C@](O)(CBr)C(=O)Nc1ccc(C#N)c(C(F)(F)F)c1.Cn1ncnc1[C@@H]1c2n[nH]c(=O)c3cc(F)cc(c23)N[C@H]1c1ccc(O)cc1.Cn1ncnc1[C@@H]1c2n[nH]c(=O)c3cc(F)cc(c23)N[C@H]1c1ccc(OC[C@](C)(O)C(=O)Nc2ccc(C#N)c(C(F)(F)F)c2)cc1. The number of aromatic amines is 2. The normalized spacial score (nSPS) is 16.8. The highest BCUT2D eigenvalue weighted by molar-refractivity contribution is 9.09. The first-order valence-corrected chi connectivity index (χ1v) is 29.1. The molecule has 6 heterocycles. The third kappa shape index (κ3) is 13.8. The molecule has 12 rings (SSSR count). The molecule has 95 heavy (non-hydrogen) atoms. The molecule has 0 saturated carbocycles. The van der Waals surface area contributed by atoms with Gasteiger partial charge in [0.15, 0.2) is 5.60 Å². The summed E-state index contributed by atoms with van der Waals surface area (Å²) < 4.78 is 116. The number of anilines is 4. The van der Waals surface area contributed by atoms with Crippen LogP contribution < -0.4 is 37.1 Å². The molecule has 6 aromatic carbocycles. The second-order valence-corrected chi connectivity index (χ2v) is 22.7. The largest absolute Gasteiger partial charge is 0.508 e. The van der Waals surface area contributed by atoms with E-state index in [9.17, 15) is 69.6 Å². The van der Waals surface area contributed by atoms with Gasteiger partial charge in [-0.2, -0.15) is 57.3 Å². The van der Waals surface area contributed by atoms with E-state index in [1.807, 2.05) is 0 Å². The number of H-pyrrole nitrogens is 2. The Kier molecular flexibility index (Phi) is 18.3. The van der Waals surface area contributed by atoms with Crippen molar-refractivity contribution in [2.45, 2.75) is 61.3 Å². The Hall–Kier alpha value is -11.2. The van der Waals surface area contributed by atoms with Crippen LogP contribution in [-0.4, -0.2) is 100 Å². The summed E-state index contributed by atoms with van der Waals surface area (Å²) in [7, 11) is 3.48. The summed E-state index contributed by atoms with van der Waals surface area (Å²) in [6, 6.07) is 25.7. The first-order valence-electron chi connectivity index (χ1n) is 27.9. The van der Waals surface area contributed by atoms with E-state index in [1.165, 1.54) is 49.9 Å². The second-order valence-electron chi connectivity index (χ2n) is 22.1. The van der Waals surface area contributed by atoms with E-state index in [-0.39, 0.29) is 45.0 Å². The number of rotatable bonds is 12. The lowest BCUT2D eigenvalue weighted by Crippen LogP contribution is -2.45. The number of hydrogen-bond acceptors (Lipinski definition) is 18. The summed E-state index contributed by atoms with van der Waals surface area (Å²) in [5.41, 5.74) is -5.43. The van der Waals surface area contributed by atoms with Crippen molar-refractivity contribution in [3.63, 3.8) is 0 Å². The minimum Gasteiger partial charge on any atom is -0.508 e. The number of aromatic nitrogens is 10. The van der Waals surface area contributed by atoms with Gasteiger partial charge in [0.05, 0.1) is 80.5 Å². The smallest absolute Gasteiger partial charge is 0.417 e. The number of halogens is 9. The van der Waals surface area contributed by atoms with Gasteiger partial charge in [-0.15, -0.1) is 0 Å². The number of aryl methyl sites for hydroxylation is 2. The molecule has 0 radical (unpaired) electrons. The molecule has 10 aromatic rings. The number of ether oxygens (including phenoxy) is 1. The van der Waals surface area contributed by atoms with Gasteiger partial charge < -0.3 is 41.3 Å². The first kappa shape index (κ1) is 66.8. The quantitative estimate of drug-likeness (QED) is 0.0407. The number of nitriles is 2. The average molecular weight is 1380 g/mol. The molecule has 33 heteroatoms. The number of phenolic OH excluding ortho intramolecular Hbond substituents is 1. The number of alkyl halides is 7. The fourth-order valence-electron chi connectivity index (χ4n) is 10.6. The molecule has 2 amide bonds. The maximum absolute atomic E-state index is 14.5. The van der Waals surface area contributed by atoms with E-state index in [0.29, 0.717) is 62.9 Å². The van der Waals surface area contributed by atoms with Gasteiger partial charge in [0.2, 0.25) is 0 Å². The summed E-state index contributed by atoms with van der Waals surface area (Å²) in [6.45, 7) is 1.79. The van der Waals surface area contributed by atoms with Gasteiger partial charge in [-0.1, -0.05) is 40.2 Å². The van der Waals surface area contributed by atoms with Gasteiger partial charge in [0.1, 0.15) is 59.6 Å². The number of benzene rings is 6. The summed E-state index contributed by atoms with van der Waals surface area (Å²) in [5.74, 6) is -2.43. The Morgan fingerprint density at radius 3 is 1.42 bits per heavy atom. The zero-order valence-corrected chi connectivity index (χ0v) is 51.1. The number of nitrogens with zero attached hydrogens (tertiary/aromatic N) is 10. The van der Waals surface area contributed by atoms with Gasteiger partial charge in [-0.3, -0.25) is 28.5 Å². The summed E-state index contributed by atoms with van der Waals surface area (Å²) in [6.07, 6.45) is -6.70. The molecule has 9 N–H and O–H groups in total. The summed E-state index contributed by atoms with van der Waals surface area (Å²) >= 11 is 2.92. The van der Waals surface area contributed by atoms with Gasteiger partial charge in [-0.25, -0.2) is 28.9 Å². The number of carbonyl (C=O) groups excluding carboxylic acids is 2. The molecule has 6 atom stereocenters. The molecule has 24 nitrogen and oxygen atoms in total. The highest BCUT2D eigenvalue weighted by Gasteiger charge is 2.41. The Labute approximate surface area is 538 Å². The van der Waals surface area contributed by atoms with Crippen molar-refractivity contribution in [1.82, 2.24) is 49.9 Å². The maximum atomic E-state index is 14.5. The standard InChI is InChI=1S/C31H24F4N8O4.C19H15FN6O2.C12H10BrF3N2O2/c1-30(46,29(45)39-18-6-3-16(12-36)21(11-18)31(33,34)35)13-47-19-7-4-15(5-8-19)25-24(27-37-14-38-43(27)2)26-23-20(28(44)42-41-26)9-17(32)10-22(23)40-25;1-26-18(21-8-22-26)15-16(9-2-4-11(27)5-3-9)23-13-7-10(20)6-12-14(13)17(15)24-25-19(12)28;1-11(20,6-13)10(19)18-8-3-2-7(5-17)9(4-8)12(14,15)16/h3-11,14,24-25,40,46H,13H2,1-2H3,(H,39,45)(H,42,44);2-8,15-16,23,27H,1H3,(H,25,28);2-4,20H,6H2,1H3,(H,18,19)/t24-,25-,30-;15-,16-;11-/m000/s1. The van der Waals surface area contributed by atoms with Crippen LogP contribution in [0.3, 0.4) is 0 Å². The van der Waals surface area contributed by atoms with Gasteiger partial charge >= 0.3 is 12.4 Å². The Morgan fingerprint density at radius 2 is 1.04 bits per heavy atom. The molecule has 0 saturated heterocycles. The number of aliphatic hydroxyl groups is 2. The molecule has 0 fully saturated rings. The summed E-state index contributed by atoms with van der Waals surface area (Å²) in [4.78, 5) is 58.0. The van der Waals surface area contributed by atoms with Crippen LogP contribution >= 0.6 is 15.9 Å². The molecule has 0 bridgehead atoms. The fourth-order valence-corrected chi connectivity index (χ4v) is 10.8. The maximum Gasteiger partial charge on any atom is 0.417 e. The van der Waals surface area contributed by atoms with Crippen molar-refractivity contribution in [2.75, 3.05) is 33.2 Å². The number of carbonyl (C=O) groups is 2. The van der Waals surface area contributed by atoms with Crippen molar-refractivity contribution in [1.29, 1.82) is 10.5 Å². The molecule has 0 unspecified atom stereocenters. The van der Waals surface area contributed by atoms with Crippen LogP contribution in [0.2, 0.25) is 0 Å². The number of phenols is 1. The van der Waals surface area contributed by atoms with Crippen LogP contribution in [0, 0.1) is 34.3 Å². The zero-order valence-electron chi connectivity index (χ0n) is 49.5. The predicted octanol–water partition coefficient (Wildman–Crippen LogP) is 9.00. The highest BCUT2D eigenvalue weighted by atomic mass is 79.9. The third-order valence-corrected chi connectivity index (χ3v) is 16.4. The lowest BCUT2D eigenvalue weighted by molar-refractivity contribution is -0.138. The second kappa shape index (κ2) is 26.1. The van der Waals surface area contributed by atoms with Crippen LogP contribution in [-0.2, 0) is 36.0 Å². The van der Waals surface area contributed by atoms with E-state index in [0.717, 1.165) is 42.8 Å². The first-order chi connectivity index (χ1) is 44.9. The molecule has 488 valence electrons. The van der Waals surface area contributed by atoms with Crippen LogP contribution in [0.25, 0.3) is 21.5 Å². The van der Waals surface area contributed by atoms with Gasteiger partial charge in [0, 0.05) is 52.9 Å². The lowest BCUT2D eigenvalue weighted by atomic mass is 9.83. The fraction of sp³-hybridized carbons (Fsp3) is 0.226. The Balaban J connectivity index is 0.000000173. The van der Waals surface area contributed by atoms with E-state index in [1.54, 1.807) is 72.0 Å². The molecular formula is C62H49BrF8N16O8. The topological polar surface area (TPSA) is 353 Å². The van der Waals surface area contributed by atoms with E-state index in [4.69, 9.17) is 15.3 Å². The van der Waals surface area contributed by atoms with Crippen LogP contribution in [0.1, 0.15) is 94.2 Å². The van der Waals surface area contributed by atoms with Crippen LogP contribution in [0.4, 0.5) is 57.9 Å². The third-order valence-electron chi connectivity index (χ3n) is 15.3. The van der Waals surface area contributed by atoms with E-state index in [2.05, 4.69) is 77.8 Å². The number of aromatic hydroxyl groups is 1. The molecular weight excluding hydrogens is 1330 g/mol. The molecule has 2 aliphatic heterocycles. The highest BCUT2D eigenvalue weighted by Crippen LogP contribution is 2.48. The lowest BCUT2D eigenvalue weighted by Gasteiger charge is -2.33.